The van der Waals surface area contributed by atoms with Gasteiger partial charge in [0.15, 0.2) is 11.6 Å². The van der Waals surface area contributed by atoms with E-state index in [9.17, 15) is 13.6 Å². The van der Waals surface area contributed by atoms with Gasteiger partial charge in [-0.15, -0.1) is 0 Å². The Balaban J connectivity index is 2.24. The van der Waals surface area contributed by atoms with Crippen LogP contribution in [0, 0.1) is 11.6 Å². The lowest BCUT2D eigenvalue weighted by Gasteiger charge is -2.08. The van der Waals surface area contributed by atoms with Gasteiger partial charge < -0.3 is 4.74 Å². The molecule has 14 heavy (non-hydrogen) atoms. The van der Waals surface area contributed by atoms with E-state index in [1.807, 2.05) is 0 Å². The molecule has 4 heteroatoms. The largest absolute Gasteiger partial charge is 0.457 e. The second-order valence-corrected chi connectivity index (χ2v) is 3.19. The predicted octanol–water partition coefficient (Wildman–Crippen LogP) is 2.34. The topological polar surface area (TPSA) is 26.3 Å². The highest BCUT2D eigenvalue weighted by molar-refractivity contribution is 5.71. The molecule has 0 aromatic heterocycles. The highest BCUT2D eigenvalue weighted by Crippen LogP contribution is 2.29. The van der Waals surface area contributed by atoms with E-state index >= 15 is 0 Å². The summed E-state index contributed by atoms with van der Waals surface area (Å²) in [5, 5.41) is 0. The zero-order valence-corrected chi connectivity index (χ0v) is 7.30. The second kappa shape index (κ2) is 3.36. The average Bonchev–Trinajstić information content (AvgIpc) is 2.57. The molecule has 1 aromatic carbocycles. The normalized spacial score (nSPS) is 21.0. The fourth-order valence-corrected chi connectivity index (χ4v) is 1.47. The van der Waals surface area contributed by atoms with Crippen LogP contribution in [0.1, 0.15) is 24.5 Å². The highest BCUT2D eigenvalue weighted by Gasteiger charge is 2.25. The van der Waals surface area contributed by atoms with Gasteiger partial charge in [0.1, 0.15) is 6.10 Å². The van der Waals surface area contributed by atoms with Gasteiger partial charge in [-0.2, -0.15) is 0 Å². The highest BCUT2D eigenvalue weighted by atomic mass is 19.2. The molecular weight excluding hydrogens is 190 g/mol. The predicted molar refractivity (Wildman–Crippen MR) is 44.4 cm³/mol. The van der Waals surface area contributed by atoms with Crippen molar-refractivity contribution in [3.8, 4) is 0 Å². The number of carbonyl (C=O) groups excluding carboxylic acids is 1. The molecule has 1 aliphatic heterocycles. The number of rotatable bonds is 1. The summed E-state index contributed by atoms with van der Waals surface area (Å²) in [4.78, 5) is 10.8. The lowest BCUT2D eigenvalue weighted by molar-refractivity contribution is -0.141. The molecule has 0 N–H and O–H groups in total. The van der Waals surface area contributed by atoms with E-state index in [4.69, 9.17) is 4.74 Å². The molecule has 1 aliphatic rings. The quantitative estimate of drug-likeness (QED) is 0.647. The molecule has 0 amide bonds. The van der Waals surface area contributed by atoms with Crippen LogP contribution in [0.25, 0.3) is 0 Å². The maximum absolute atomic E-state index is 12.8. The van der Waals surface area contributed by atoms with Gasteiger partial charge >= 0.3 is 5.97 Å². The maximum Gasteiger partial charge on any atom is 0.306 e. The van der Waals surface area contributed by atoms with Gasteiger partial charge in [0.25, 0.3) is 0 Å². The van der Waals surface area contributed by atoms with Gasteiger partial charge in [-0.25, -0.2) is 8.78 Å². The number of ether oxygens (including phenoxy) is 1. The van der Waals surface area contributed by atoms with Crippen LogP contribution in [0.4, 0.5) is 8.78 Å². The molecular formula is C10H8F2O2. The Morgan fingerprint density at radius 3 is 2.64 bits per heavy atom. The first kappa shape index (κ1) is 9.12. The van der Waals surface area contributed by atoms with E-state index < -0.39 is 17.7 Å². The Labute approximate surface area is 79.5 Å². The van der Waals surface area contributed by atoms with Crippen molar-refractivity contribution in [2.24, 2.45) is 0 Å². The third kappa shape index (κ3) is 1.60. The second-order valence-electron chi connectivity index (χ2n) is 3.19. The van der Waals surface area contributed by atoms with Crippen LogP contribution in [0.15, 0.2) is 18.2 Å². The van der Waals surface area contributed by atoms with Crippen molar-refractivity contribution in [2.75, 3.05) is 0 Å². The van der Waals surface area contributed by atoms with Crippen molar-refractivity contribution in [1.82, 2.24) is 0 Å². The fourth-order valence-electron chi connectivity index (χ4n) is 1.47. The van der Waals surface area contributed by atoms with Crippen LogP contribution >= 0.6 is 0 Å². The first-order valence-corrected chi connectivity index (χ1v) is 4.31. The van der Waals surface area contributed by atoms with E-state index in [-0.39, 0.29) is 5.97 Å². The Morgan fingerprint density at radius 2 is 2.07 bits per heavy atom. The van der Waals surface area contributed by atoms with Crippen molar-refractivity contribution in [3.05, 3.63) is 35.4 Å². The van der Waals surface area contributed by atoms with Crippen molar-refractivity contribution in [3.63, 3.8) is 0 Å². The molecule has 1 fully saturated rings. The van der Waals surface area contributed by atoms with Gasteiger partial charge in [-0.3, -0.25) is 4.79 Å². The van der Waals surface area contributed by atoms with E-state index in [1.54, 1.807) is 0 Å². The standard InChI is InChI=1S/C10H8F2O2/c11-7-2-1-6(5-8(7)12)9-3-4-10(13)14-9/h1-2,5,9H,3-4H2. The molecule has 0 aliphatic carbocycles. The molecule has 1 atom stereocenters. The average molecular weight is 198 g/mol. The lowest BCUT2D eigenvalue weighted by Crippen LogP contribution is -1.99. The number of hydrogen-bond donors (Lipinski definition) is 0. The molecule has 0 radical (unpaired) electrons. The SMILES string of the molecule is O=C1CCC(c2ccc(F)c(F)c2)O1. The van der Waals surface area contributed by atoms with Crippen molar-refractivity contribution in [1.29, 1.82) is 0 Å². The van der Waals surface area contributed by atoms with Crippen LogP contribution in [0.2, 0.25) is 0 Å². The lowest BCUT2D eigenvalue weighted by atomic mass is 10.1. The van der Waals surface area contributed by atoms with Crippen LogP contribution in [-0.2, 0) is 9.53 Å². The summed E-state index contributed by atoms with van der Waals surface area (Å²) in [5.74, 6) is -2.09. The Bertz CT molecular complexity index is 376. The summed E-state index contributed by atoms with van der Waals surface area (Å²) in [6.07, 6.45) is 0.450. The molecule has 74 valence electrons. The van der Waals surface area contributed by atoms with Crippen molar-refractivity contribution in [2.45, 2.75) is 18.9 Å². The van der Waals surface area contributed by atoms with Crippen LogP contribution in [0.5, 0.6) is 0 Å². The number of hydrogen-bond acceptors (Lipinski definition) is 2. The Hall–Kier alpha value is -1.45. The van der Waals surface area contributed by atoms with E-state index in [2.05, 4.69) is 0 Å². The fraction of sp³-hybridized carbons (Fsp3) is 0.300. The Morgan fingerprint density at radius 1 is 1.29 bits per heavy atom. The van der Waals surface area contributed by atoms with Gasteiger partial charge in [-0.1, -0.05) is 6.07 Å². The van der Waals surface area contributed by atoms with Gasteiger partial charge in [0, 0.05) is 6.42 Å². The summed E-state index contributed by atoms with van der Waals surface area (Å²) >= 11 is 0. The zero-order valence-electron chi connectivity index (χ0n) is 7.30. The van der Waals surface area contributed by atoms with Gasteiger partial charge in [-0.05, 0) is 24.1 Å². The van der Waals surface area contributed by atoms with Gasteiger partial charge in [0.05, 0.1) is 0 Å². The number of carbonyl (C=O) groups is 1. The molecule has 1 saturated heterocycles. The van der Waals surface area contributed by atoms with Crippen LogP contribution in [-0.4, -0.2) is 5.97 Å². The van der Waals surface area contributed by atoms with E-state index in [1.165, 1.54) is 6.07 Å². The van der Waals surface area contributed by atoms with Crippen molar-refractivity contribution < 1.29 is 18.3 Å². The summed E-state index contributed by atoms with van der Waals surface area (Å²) in [6, 6.07) is 3.54. The molecule has 2 nitrogen and oxygen atoms in total. The molecule has 2 rings (SSSR count). The molecule has 0 bridgehead atoms. The third-order valence-electron chi connectivity index (χ3n) is 2.20. The molecule has 1 heterocycles. The van der Waals surface area contributed by atoms with Crippen LogP contribution in [0.3, 0.4) is 0 Å². The molecule has 1 unspecified atom stereocenters. The number of benzene rings is 1. The zero-order chi connectivity index (χ0) is 10.1. The summed E-state index contributed by atoms with van der Waals surface area (Å²) in [5.41, 5.74) is 0.509. The maximum atomic E-state index is 12.8. The Kier molecular flexibility index (Phi) is 2.19. The van der Waals surface area contributed by atoms with E-state index in [0.717, 1.165) is 12.1 Å². The summed E-state index contributed by atoms with van der Waals surface area (Å²) in [6.45, 7) is 0. The van der Waals surface area contributed by atoms with E-state index in [0.29, 0.717) is 18.4 Å². The number of halogens is 2. The third-order valence-corrected chi connectivity index (χ3v) is 2.20. The summed E-state index contributed by atoms with van der Waals surface area (Å²) in [7, 11) is 0. The molecule has 1 aromatic rings. The van der Waals surface area contributed by atoms with Crippen LogP contribution < -0.4 is 0 Å². The minimum Gasteiger partial charge on any atom is -0.457 e. The number of cyclic esters (lactones) is 1. The van der Waals surface area contributed by atoms with Crippen molar-refractivity contribution >= 4 is 5.97 Å². The first-order chi connectivity index (χ1) is 6.66. The first-order valence-electron chi connectivity index (χ1n) is 4.31. The smallest absolute Gasteiger partial charge is 0.306 e. The molecule has 0 spiro atoms. The minimum absolute atomic E-state index is 0.292. The summed E-state index contributed by atoms with van der Waals surface area (Å²) < 4.78 is 30.3. The number of esters is 1. The minimum atomic E-state index is -0.912. The molecule has 0 saturated carbocycles. The monoisotopic (exact) mass is 198 g/mol. The van der Waals surface area contributed by atoms with Gasteiger partial charge in [0.2, 0.25) is 0 Å².